The summed E-state index contributed by atoms with van der Waals surface area (Å²) in [6.45, 7) is 4.64. The molecule has 3 atom stereocenters. The first-order valence-electron chi connectivity index (χ1n) is 20.6. The predicted molar refractivity (Wildman–Crippen MR) is 205 cm³/mol. The van der Waals surface area contributed by atoms with Gasteiger partial charge in [0.25, 0.3) is 7.82 Å². The minimum atomic E-state index is -4.57. The van der Waals surface area contributed by atoms with Gasteiger partial charge < -0.3 is 28.8 Å². The lowest BCUT2D eigenvalue weighted by molar-refractivity contribution is -0.870. The lowest BCUT2D eigenvalue weighted by Crippen LogP contribution is -2.45. The highest BCUT2D eigenvalue weighted by molar-refractivity contribution is 7.45. The molecule has 0 aliphatic rings. The minimum Gasteiger partial charge on any atom is -0.756 e. The van der Waals surface area contributed by atoms with Gasteiger partial charge in [-0.15, -0.1) is 0 Å². The number of carbonyl (C=O) groups is 1. The maximum Gasteiger partial charge on any atom is 0.268 e. The minimum absolute atomic E-state index is 0.00183. The van der Waals surface area contributed by atoms with Crippen molar-refractivity contribution in [3.05, 3.63) is 12.2 Å². The van der Waals surface area contributed by atoms with Crippen LogP contribution in [0, 0.1) is 0 Å². The Balaban J connectivity index is 4.47. The van der Waals surface area contributed by atoms with Gasteiger partial charge in [-0.05, 0) is 19.3 Å². The van der Waals surface area contributed by atoms with E-state index in [0.29, 0.717) is 17.4 Å². The molecule has 0 aromatic rings. The summed E-state index contributed by atoms with van der Waals surface area (Å²) in [5.74, 6) is -0.197. The van der Waals surface area contributed by atoms with Gasteiger partial charge in [-0.1, -0.05) is 174 Å². The second-order valence-electron chi connectivity index (χ2n) is 15.4. The van der Waals surface area contributed by atoms with Gasteiger partial charge in [0, 0.05) is 6.42 Å². The largest absolute Gasteiger partial charge is 0.756 e. The van der Waals surface area contributed by atoms with Crippen LogP contribution in [-0.4, -0.2) is 68.5 Å². The third-order valence-corrected chi connectivity index (χ3v) is 10.2. The Bertz CT molecular complexity index is 819. The molecule has 1 amide bonds. The molecule has 0 aromatic heterocycles. The van der Waals surface area contributed by atoms with E-state index in [1.165, 1.54) is 128 Å². The number of nitrogens with zero attached hydrogens (tertiary/aromatic N) is 1. The molecule has 49 heavy (non-hydrogen) atoms. The third-order valence-electron chi connectivity index (χ3n) is 9.25. The smallest absolute Gasteiger partial charge is 0.268 e. The van der Waals surface area contributed by atoms with Crippen LogP contribution >= 0.6 is 7.82 Å². The van der Waals surface area contributed by atoms with E-state index in [4.69, 9.17) is 9.05 Å². The van der Waals surface area contributed by atoms with Gasteiger partial charge in [0.2, 0.25) is 5.91 Å². The third kappa shape index (κ3) is 35.4. The molecular weight excluding hydrogens is 635 g/mol. The van der Waals surface area contributed by atoms with Crippen LogP contribution in [0.3, 0.4) is 0 Å². The molecule has 0 aromatic carbocycles. The Hall–Kier alpha value is -0.760. The average Bonchev–Trinajstić information content (AvgIpc) is 3.04. The van der Waals surface area contributed by atoms with E-state index in [2.05, 4.69) is 19.2 Å². The number of unbranched alkanes of at least 4 members (excludes halogenated alkanes) is 24. The summed E-state index contributed by atoms with van der Waals surface area (Å²) < 4.78 is 23.1. The van der Waals surface area contributed by atoms with E-state index >= 15 is 0 Å². The standard InChI is InChI=1S/C40H81N2O6P/c1-6-8-10-12-14-16-18-20-22-24-26-28-30-32-34-40(44)41-38(37-48-49(45,46)47-36-35-42(3,4)5)39(43)33-31-29-27-25-23-21-19-17-15-13-11-9-7-2/h31,33,38-39,43H,6-30,32,34-37H2,1-5H3,(H-,41,44,45,46)/b33-31+. The number of quaternary nitrogens is 1. The summed E-state index contributed by atoms with van der Waals surface area (Å²) >= 11 is 0. The zero-order chi connectivity index (χ0) is 36.5. The van der Waals surface area contributed by atoms with Crippen molar-refractivity contribution in [3.63, 3.8) is 0 Å². The molecule has 0 radical (unpaired) electrons. The van der Waals surface area contributed by atoms with Crippen LogP contribution in [0.25, 0.3) is 0 Å². The highest BCUT2D eigenvalue weighted by Crippen LogP contribution is 2.38. The van der Waals surface area contributed by atoms with E-state index in [1.54, 1.807) is 6.08 Å². The highest BCUT2D eigenvalue weighted by Gasteiger charge is 2.23. The van der Waals surface area contributed by atoms with Crippen LogP contribution in [0.4, 0.5) is 0 Å². The van der Waals surface area contributed by atoms with Crippen molar-refractivity contribution in [2.24, 2.45) is 0 Å². The first-order chi connectivity index (χ1) is 23.5. The number of hydrogen-bond donors (Lipinski definition) is 2. The molecule has 0 fully saturated rings. The van der Waals surface area contributed by atoms with Crippen molar-refractivity contribution in [1.82, 2.24) is 5.32 Å². The van der Waals surface area contributed by atoms with Crippen molar-refractivity contribution < 1.29 is 32.9 Å². The number of likely N-dealkylation sites (N-methyl/N-ethyl adjacent to an activating group) is 1. The molecule has 0 rings (SSSR count). The first kappa shape index (κ1) is 48.2. The Kier molecular flexibility index (Phi) is 32.6. The number of nitrogens with one attached hydrogen (secondary N) is 1. The summed E-state index contributed by atoms with van der Waals surface area (Å²) in [5, 5.41) is 13.7. The quantitative estimate of drug-likeness (QED) is 0.0287. The zero-order valence-corrected chi connectivity index (χ0v) is 33.8. The maximum atomic E-state index is 12.8. The summed E-state index contributed by atoms with van der Waals surface area (Å²) in [6.07, 6.45) is 35.3. The van der Waals surface area contributed by atoms with E-state index in [1.807, 2.05) is 27.2 Å². The maximum absolute atomic E-state index is 12.8. The number of aliphatic hydroxyl groups is 1. The molecule has 9 heteroatoms. The number of allylic oxidation sites excluding steroid dienone is 1. The summed E-state index contributed by atoms with van der Waals surface area (Å²) in [6, 6.07) is -0.878. The van der Waals surface area contributed by atoms with Crippen LogP contribution in [0.1, 0.15) is 187 Å². The summed E-state index contributed by atoms with van der Waals surface area (Å²) in [5.41, 5.74) is 0. The Morgan fingerprint density at radius 3 is 1.53 bits per heavy atom. The monoisotopic (exact) mass is 717 g/mol. The summed E-state index contributed by atoms with van der Waals surface area (Å²) in [7, 11) is 1.27. The van der Waals surface area contributed by atoms with Crippen LogP contribution in [0.15, 0.2) is 12.2 Å². The normalized spacial score (nSPS) is 14.7. The second kappa shape index (κ2) is 33.1. The Morgan fingerprint density at radius 2 is 1.10 bits per heavy atom. The van der Waals surface area contributed by atoms with Gasteiger partial charge in [-0.2, -0.15) is 0 Å². The lowest BCUT2D eigenvalue weighted by atomic mass is 10.0. The van der Waals surface area contributed by atoms with Crippen molar-refractivity contribution in [2.45, 2.75) is 199 Å². The molecule has 0 aliphatic heterocycles. The van der Waals surface area contributed by atoms with E-state index < -0.39 is 20.0 Å². The Morgan fingerprint density at radius 1 is 0.694 bits per heavy atom. The number of carbonyl (C=O) groups excluding carboxylic acids is 1. The molecule has 292 valence electrons. The van der Waals surface area contributed by atoms with Crippen LogP contribution in [0.5, 0.6) is 0 Å². The van der Waals surface area contributed by atoms with Gasteiger partial charge in [0.15, 0.2) is 0 Å². The molecule has 0 heterocycles. The fourth-order valence-electron chi connectivity index (χ4n) is 5.92. The number of aliphatic hydroxyl groups excluding tert-OH is 1. The van der Waals surface area contributed by atoms with Crippen LogP contribution < -0.4 is 10.2 Å². The molecular formula is C40H81N2O6P. The molecule has 2 N–H and O–H groups in total. The summed E-state index contributed by atoms with van der Waals surface area (Å²) in [4.78, 5) is 25.2. The number of amides is 1. The molecule has 0 bridgehead atoms. The highest BCUT2D eigenvalue weighted by atomic mass is 31.2. The molecule has 3 unspecified atom stereocenters. The zero-order valence-electron chi connectivity index (χ0n) is 32.9. The van der Waals surface area contributed by atoms with E-state index in [9.17, 15) is 19.4 Å². The van der Waals surface area contributed by atoms with Crippen molar-refractivity contribution in [3.8, 4) is 0 Å². The number of phosphoric ester groups is 1. The molecule has 0 aliphatic carbocycles. The van der Waals surface area contributed by atoms with Crippen molar-refractivity contribution in [2.75, 3.05) is 40.9 Å². The van der Waals surface area contributed by atoms with Crippen LogP contribution in [0.2, 0.25) is 0 Å². The van der Waals surface area contributed by atoms with Crippen molar-refractivity contribution in [1.29, 1.82) is 0 Å². The molecule has 0 spiro atoms. The number of hydrogen-bond acceptors (Lipinski definition) is 6. The predicted octanol–water partition coefficient (Wildman–Crippen LogP) is 10.2. The fourth-order valence-corrected chi connectivity index (χ4v) is 6.64. The van der Waals surface area contributed by atoms with Gasteiger partial charge in [-0.25, -0.2) is 0 Å². The fraction of sp³-hybridized carbons (Fsp3) is 0.925. The topological polar surface area (TPSA) is 108 Å². The SMILES string of the molecule is CCCCCCCCCCCCC/C=C/C(O)C(COP(=O)([O-])OCC[N+](C)(C)C)NC(=O)CCCCCCCCCCCCCCCC. The number of phosphoric acid groups is 1. The lowest BCUT2D eigenvalue weighted by Gasteiger charge is -2.29. The van der Waals surface area contributed by atoms with Gasteiger partial charge in [0.1, 0.15) is 13.2 Å². The molecule has 8 nitrogen and oxygen atoms in total. The second-order valence-corrected chi connectivity index (χ2v) is 16.8. The average molecular weight is 717 g/mol. The van der Waals surface area contributed by atoms with Crippen molar-refractivity contribution >= 4 is 13.7 Å². The van der Waals surface area contributed by atoms with Crippen LogP contribution in [-0.2, 0) is 18.4 Å². The van der Waals surface area contributed by atoms with Gasteiger partial charge in [0.05, 0.1) is 39.9 Å². The Labute approximate surface area is 303 Å². The van der Waals surface area contributed by atoms with E-state index in [-0.39, 0.29) is 19.1 Å². The number of rotatable bonds is 37. The first-order valence-corrected chi connectivity index (χ1v) is 22.0. The van der Waals surface area contributed by atoms with E-state index in [0.717, 1.165) is 38.5 Å². The van der Waals surface area contributed by atoms with Gasteiger partial charge in [-0.3, -0.25) is 9.36 Å². The molecule has 0 saturated carbocycles. The molecule has 0 saturated heterocycles. The van der Waals surface area contributed by atoms with Gasteiger partial charge >= 0.3 is 0 Å².